The first-order valence-electron chi connectivity index (χ1n) is 6.62. The Hall–Kier alpha value is -2.69. The van der Waals surface area contributed by atoms with Crippen LogP contribution in [0.25, 0.3) is 10.9 Å². The molecule has 0 N–H and O–H groups in total. The fraction of sp³-hybridized carbons (Fsp3) is 0.188. The highest BCUT2D eigenvalue weighted by atomic mass is 16.5. The molecule has 0 fully saturated rings. The van der Waals surface area contributed by atoms with Crippen LogP contribution in [0.5, 0.6) is 0 Å². The molecule has 2 heterocycles. The van der Waals surface area contributed by atoms with E-state index < -0.39 is 0 Å². The van der Waals surface area contributed by atoms with Crippen molar-refractivity contribution in [2.75, 3.05) is 7.11 Å². The Balaban J connectivity index is 1.87. The number of methoxy groups -OCH3 is 1. The summed E-state index contributed by atoms with van der Waals surface area (Å²) in [6, 6.07) is 8.21. The van der Waals surface area contributed by atoms with Crippen LogP contribution in [0.1, 0.15) is 21.5 Å². The Morgan fingerprint density at radius 1 is 1.29 bits per heavy atom. The molecule has 3 rings (SSSR count). The van der Waals surface area contributed by atoms with E-state index in [1.807, 2.05) is 25.3 Å². The van der Waals surface area contributed by atoms with Crippen molar-refractivity contribution in [2.24, 2.45) is 0 Å². The largest absolute Gasteiger partial charge is 0.465 e. The van der Waals surface area contributed by atoms with Crippen molar-refractivity contribution in [1.82, 2.24) is 14.8 Å². The molecule has 1 aromatic carbocycles. The number of hydrogen-bond acceptors (Lipinski definition) is 4. The zero-order valence-electron chi connectivity index (χ0n) is 11.9. The third kappa shape index (κ3) is 2.76. The van der Waals surface area contributed by atoms with E-state index in [1.54, 1.807) is 10.9 Å². The number of esters is 1. The lowest BCUT2D eigenvalue weighted by Gasteiger charge is -2.04. The van der Waals surface area contributed by atoms with Crippen molar-refractivity contribution in [1.29, 1.82) is 0 Å². The molecule has 21 heavy (non-hydrogen) atoms. The first-order chi connectivity index (χ1) is 10.2. The summed E-state index contributed by atoms with van der Waals surface area (Å²) in [6.45, 7) is 2.62. The first-order valence-corrected chi connectivity index (χ1v) is 6.62. The summed E-state index contributed by atoms with van der Waals surface area (Å²) in [7, 11) is 1.36. The lowest BCUT2D eigenvalue weighted by Crippen LogP contribution is -2.01. The van der Waals surface area contributed by atoms with E-state index in [9.17, 15) is 4.79 Å². The van der Waals surface area contributed by atoms with Crippen molar-refractivity contribution in [3.8, 4) is 0 Å². The van der Waals surface area contributed by atoms with Gasteiger partial charge in [-0.3, -0.25) is 9.67 Å². The number of carbonyl (C=O) groups excluding carboxylic acids is 1. The summed E-state index contributed by atoms with van der Waals surface area (Å²) >= 11 is 0. The average molecular weight is 281 g/mol. The van der Waals surface area contributed by atoms with E-state index in [1.165, 1.54) is 13.3 Å². The van der Waals surface area contributed by atoms with Crippen LogP contribution < -0.4 is 0 Å². The maximum atomic E-state index is 11.4. The van der Waals surface area contributed by atoms with Gasteiger partial charge in [-0.25, -0.2) is 4.79 Å². The van der Waals surface area contributed by atoms with Crippen LogP contribution in [0.3, 0.4) is 0 Å². The minimum Gasteiger partial charge on any atom is -0.465 e. The number of ether oxygens (including phenoxy) is 1. The fourth-order valence-corrected chi connectivity index (χ4v) is 2.25. The zero-order chi connectivity index (χ0) is 14.8. The Labute approximate surface area is 122 Å². The van der Waals surface area contributed by atoms with Crippen LogP contribution in [0, 0.1) is 6.92 Å². The second kappa shape index (κ2) is 5.36. The first kappa shape index (κ1) is 13.3. The molecule has 0 unspecified atom stereocenters. The molecule has 106 valence electrons. The van der Waals surface area contributed by atoms with Gasteiger partial charge in [0.25, 0.3) is 0 Å². The number of rotatable bonds is 3. The number of pyridine rings is 1. The van der Waals surface area contributed by atoms with Crippen LogP contribution in [-0.2, 0) is 11.3 Å². The monoisotopic (exact) mass is 281 g/mol. The second-order valence-corrected chi connectivity index (χ2v) is 4.96. The molecular formula is C16H15N3O2. The van der Waals surface area contributed by atoms with Gasteiger partial charge in [0.15, 0.2) is 0 Å². The molecule has 0 spiro atoms. The van der Waals surface area contributed by atoms with Gasteiger partial charge in [0.1, 0.15) is 0 Å². The Morgan fingerprint density at radius 2 is 2.14 bits per heavy atom. The smallest absolute Gasteiger partial charge is 0.341 e. The van der Waals surface area contributed by atoms with Gasteiger partial charge in [0.2, 0.25) is 0 Å². The summed E-state index contributed by atoms with van der Waals surface area (Å²) in [6.07, 6.45) is 5.06. The number of nitrogens with zero attached hydrogens (tertiary/aromatic N) is 3. The van der Waals surface area contributed by atoms with Crippen molar-refractivity contribution in [3.63, 3.8) is 0 Å². The summed E-state index contributed by atoms with van der Waals surface area (Å²) < 4.78 is 6.39. The normalized spacial score (nSPS) is 10.8. The molecule has 0 aliphatic heterocycles. The average Bonchev–Trinajstić information content (AvgIpc) is 2.94. The highest BCUT2D eigenvalue weighted by Crippen LogP contribution is 2.16. The number of hydrogen-bond donors (Lipinski definition) is 0. The molecule has 0 bridgehead atoms. The quantitative estimate of drug-likeness (QED) is 0.692. The lowest BCUT2D eigenvalue weighted by atomic mass is 10.1. The predicted molar refractivity (Wildman–Crippen MR) is 79.1 cm³/mol. The van der Waals surface area contributed by atoms with Gasteiger partial charge >= 0.3 is 5.97 Å². The molecule has 0 aliphatic rings. The molecule has 2 aromatic heterocycles. The maximum Gasteiger partial charge on any atom is 0.341 e. The van der Waals surface area contributed by atoms with E-state index in [2.05, 4.69) is 27.0 Å². The standard InChI is InChI=1S/C16H15N3O2/c1-11-5-13-6-12(3-4-15(13)17-7-11)9-19-10-14(8-18-19)16(20)21-2/h3-8,10H,9H2,1-2H3. The van der Waals surface area contributed by atoms with Gasteiger partial charge in [0.05, 0.1) is 30.9 Å². The Bertz CT molecular complexity index is 808. The van der Waals surface area contributed by atoms with Gasteiger partial charge in [0, 0.05) is 17.8 Å². The SMILES string of the molecule is COC(=O)c1cnn(Cc2ccc3ncc(C)cc3c2)c1. The van der Waals surface area contributed by atoms with E-state index in [4.69, 9.17) is 0 Å². The molecule has 5 nitrogen and oxygen atoms in total. The van der Waals surface area contributed by atoms with Crippen molar-refractivity contribution in [3.05, 3.63) is 59.5 Å². The summed E-state index contributed by atoms with van der Waals surface area (Å²) in [5.41, 5.74) is 3.66. The Kier molecular flexibility index (Phi) is 3.39. The van der Waals surface area contributed by atoms with Gasteiger partial charge in [-0.2, -0.15) is 5.10 Å². The minimum atomic E-state index is -0.375. The molecule has 3 aromatic rings. The number of aromatic nitrogens is 3. The van der Waals surface area contributed by atoms with Gasteiger partial charge in [-0.15, -0.1) is 0 Å². The molecule has 0 aliphatic carbocycles. The minimum absolute atomic E-state index is 0.375. The van der Waals surface area contributed by atoms with Gasteiger partial charge in [-0.05, 0) is 36.2 Å². The zero-order valence-corrected chi connectivity index (χ0v) is 11.9. The van der Waals surface area contributed by atoms with Crippen molar-refractivity contribution in [2.45, 2.75) is 13.5 Å². The third-order valence-electron chi connectivity index (χ3n) is 3.28. The number of benzene rings is 1. The highest BCUT2D eigenvalue weighted by Gasteiger charge is 2.08. The van der Waals surface area contributed by atoms with E-state index in [0.29, 0.717) is 12.1 Å². The van der Waals surface area contributed by atoms with E-state index in [0.717, 1.165) is 22.0 Å². The number of aryl methyl sites for hydroxylation is 1. The van der Waals surface area contributed by atoms with Crippen LogP contribution in [0.2, 0.25) is 0 Å². The van der Waals surface area contributed by atoms with E-state index >= 15 is 0 Å². The van der Waals surface area contributed by atoms with Crippen LogP contribution in [0.15, 0.2) is 42.9 Å². The van der Waals surface area contributed by atoms with Crippen LogP contribution >= 0.6 is 0 Å². The third-order valence-corrected chi connectivity index (χ3v) is 3.28. The van der Waals surface area contributed by atoms with E-state index in [-0.39, 0.29) is 5.97 Å². The molecular weight excluding hydrogens is 266 g/mol. The summed E-state index contributed by atoms with van der Waals surface area (Å²) in [4.78, 5) is 15.8. The van der Waals surface area contributed by atoms with Crippen LogP contribution in [0.4, 0.5) is 0 Å². The molecule has 0 radical (unpaired) electrons. The summed E-state index contributed by atoms with van der Waals surface area (Å²) in [5, 5.41) is 5.28. The van der Waals surface area contributed by atoms with Crippen LogP contribution in [-0.4, -0.2) is 27.8 Å². The maximum absolute atomic E-state index is 11.4. The second-order valence-electron chi connectivity index (χ2n) is 4.96. The van der Waals surface area contributed by atoms with Crippen molar-refractivity contribution >= 4 is 16.9 Å². The molecule has 0 saturated carbocycles. The number of carbonyl (C=O) groups is 1. The lowest BCUT2D eigenvalue weighted by molar-refractivity contribution is 0.0600. The molecule has 0 saturated heterocycles. The van der Waals surface area contributed by atoms with Gasteiger partial charge in [-0.1, -0.05) is 6.07 Å². The number of fused-ring (bicyclic) bond motifs is 1. The van der Waals surface area contributed by atoms with Crippen molar-refractivity contribution < 1.29 is 9.53 Å². The molecule has 0 amide bonds. The predicted octanol–water partition coefficient (Wildman–Crippen LogP) is 2.57. The summed E-state index contributed by atoms with van der Waals surface area (Å²) in [5.74, 6) is -0.375. The Morgan fingerprint density at radius 3 is 2.95 bits per heavy atom. The topological polar surface area (TPSA) is 57.0 Å². The molecule has 0 atom stereocenters. The molecule has 5 heteroatoms. The highest BCUT2D eigenvalue weighted by molar-refractivity contribution is 5.88. The van der Waals surface area contributed by atoms with Gasteiger partial charge < -0.3 is 4.74 Å². The fourth-order valence-electron chi connectivity index (χ4n) is 2.25.